The zero-order valence-corrected chi connectivity index (χ0v) is 19.5. The van der Waals surface area contributed by atoms with Gasteiger partial charge in [-0.2, -0.15) is 4.31 Å². The molecule has 14 heteroatoms. The summed E-state index contributed by atoms with van der Waals surface area (Å²) in [4.78, 5) is 40.2. The Morgan fingerprint density at radius 1 is 1.15 bits per heavy atom. The minimum Gasteiger partial charge on any atom is -0.480 e. The van der Waals surface area contributed by atoms with Crippen LogP contribution >= 0.6 is 0 Å². The highest BCUT2D eigenvalue weighted by atomic mass is 32.2. The average Bonchev–Trinajstić information content (AvgIpc) is 3.30. The van der Waals surface area contributed by atoms with Crippen molar-refractivity contribution in [1.82, 2.24) is 20.3 Å². The summed E-state index contributed by atoms with van der Waals surface area (Å²) in [6.07, 6.45) is 1.98. The molecule has 0 spiro atoms. The third kappa shape index (κ3) is 7.88. The number of carboxylic acid groups (broad SMARTS) is 1. The minimum atomic E-state index is -3.91. The Labute approximate surface area is 198 Å². The summed E-state index contributed by atoms with van der Waals surface area (Å²) in [6, 6.07) is 4.65. The van der Waals surface area contributed by atoms with Crippen molar-refractivity contribution in [2.45, 2.75) is 42.7 Å². The van der Waals surface area contributed by atoms with E-state index in [1.807, 2.05) is 0 Å². The fourth-order valence-corrected chi connectivity index (χ4v) is 5.07. The van der Waals surface area contributed by atoms with Crippen LogP contribution < -0.4 is 27.4 Å². The van der Waals surface area contributed by atoms with Crippen LogP contribution in [0, 0.1) is 0 Å². The smallest absolute Gasteiger partial charge is 0.328 e. The molecule has 2 rings (SSSR count). The first-order chi connectivity index (χ1) is 16.1. The fourth-order valence-electron chi connectivity index (χ4n) is 3.39. The molecule has 1 saturated heterocycles. The Hall–Kier alpha value is -3.39. The zero-order chi connectivity index (χ0) is 25.1. The lowest BCUT2D eigenvalue weighted by Gasteiger charge is -2.25. The first-order valence-electron chi connectivity index (χ1n) is 10.8. The maximum Gasteiger partial charge on any atom is 0.328 e. The Balaban J connectivity index is 1.87. The van der Waals surface area contributed by atoms with Gasteiger partial charge in [-0.15, -0.1) is 0 Å². The van der Waals surface area contributed by atoms with Crippen LogP contribution in [0.2, 0.25) is 0 Å². The highest BCUT2D eigenvalue weighted by molar-refractivity contribution is 7.89. The largest absolute Gasteiger partial charge is 0.480 e. The van der Waals surface area contributed by atoms with Crippen LogP contribution in [0.3, 0.4) is 0 Å². The summed E-state index contributed by atoms with van der Waals surface area (Å²) in [6.45, 7) is 0.525. The Morgan fingerprint density at radius 3 is 2.50 bits per heavy atom. The minimum absolute atomic E-state index is 0.00847. The van der Waals surface area contributed by atoms with Gasteiger partial charge in [-0.25, -0.2) is 18.0 Å². The number of nitrogens with one attached hydrogen (secondary N) is 3. The van der Waals surface area contributed by atoms with Gasteiger partial charge >= 0.3 is 12.0 Å². The van der Waals surface area contributed by atoms with Gasteiger partial charge in [-0.1, -0.05) is 18.2 Å². The number of aliphatic carboxylic acids is 1. The predicted molar refractivity (Wildman–Crippen MR) is 124 cm³/mol. The first-order valence-corrected chi connectivity index (χ1v) is 12.2. The summed E-state index contributed by atoms with van der Waals surface area (Å²) < 4.78 is 26.9. The van der Waals surface area contributed by atoms with Crippen LogP contribution in [0.5, 0.6) is 0 Å². The molecule has 8 N–H and O–H groups in total. The monoisotopic (exact) mass is 497 g/mol. The molecule has 1 aromatic carbocycles. The van der Waals surface area contributed by atoms with Crippen molar-refractivity contribution in [2.75, 3.05) is 26.2 Å². The van der Waals surface area contributed by atoms with E-state index < -0.39 is 40.0 Å². The maximum absolute atomic E-state index is 12.9. The number of unbranched alkanes of at least 4 members (excludes halogenated alkanes) is 1. The standard InChI is InChI=1S/C20H31N7O6S/c21-19(22)23-10-4-5-11-24-20(31)25-13-15(18(29)30)26-17(28)16-9-6-12-27(16)34(32,33)14-7-2-1-3-8-14/h1-3,7-8,15-16H,4-6,9-13H2,(H,26,28)(H,29,30)(H4,21,22,23)(H2,24,25,31)/t15-,16-/m0/s1. The lowest BCUT2D eigenvalue weighted by molar-refractivity contribution is -0.142. The zero-order valence-electron chi connectivity index (χ0n) is 18.6. The van der Waals surface area contributed by atoms with Crippen LogP contribution in [0.1, 0.15) is 25.7 Å². The van der Waals surface area contributed by atoms with Crippen molar-refractivity contribution >= 4 is 33.9 Å². The molecular weight excluding hydrogens is 466 g/mol. The molecule has 0 radical (unpaired) electrons. The second-order valence-electron chi connectivity index (χ2n) is 7.64. The molecule has 0 aromatic heterocycles. The number of guanidine groups is 1. The molecule has 1 heterocycles. The number of hydrogen-bond donors (Lipinski definition) is 6. The number of carbonyl (C=O) groups excluding carboxylic acids is 2. The molecule has 1 aromatic rings. The van der Waals surface area contributed by atoms with Gasteiger partial charge in [-0.3, -0.25) is 9.79 Å². The summed E-state index contributed by atoms with van der Waals surface area (Å²) in [7, 11) is -3.91. The van der Waals surface area contributed by atoms with Gasteiger partial charge in [0.25, 0.3) is 0 Å². The van der Waals surface area contributed by atoms with Gasteiger partial charge < -0.3 is 32.5 Å². The number of urea groups is 1. The van der Waals surface area contributed by atoms with E-state index in [-0.39, 0.29) is 30.4 Å². The van der Waals surface area contributed by atoms with E-state index in [1.165, 1.54) is 12.1 Å². The molecule has 2 atom stereocenters. The first kappa shape index (κ1) is 26.9. The van der Waals surface area contributed by atoms with Gasteiger partial charge in [0.1, 0.15) is 12.1 Å². The summed E-state index contributed by atoms with van der Waals surface area (Å²) in [5, 5.41) is 16.7. The Kier molecular flexibility index (Phi) is 10.1. The number of nitrogens with zero attached hydrogens (tertiary/aromatic N) is 2. The molecule has 1 aliphatic heterocycles. The fraction of sp³-hybridized carbons (Fsp3) is 0.500. The van der Waals surface area contributed by atoms with Gasteiger partial charge in [0.2, 0.25) is 15.9 Å². The van der Waals surface area contributed by atoms with Crippen molar-refractivity contribution in [1.29, 1.82) is 0 Å². The molecule has 0 saturated carbocycles. The lowest BCUT2D eigenvalue weighted by Crippen LogP contribution is -2.54. The number of hydrogen-bond acceptors (Lipinski definition) is 6. The van der Waals surface area contributed by atoms with E-state index in [0.717, 1.165) is 4.31 Å². The topological polar surface area (TPSA) is 209 Å². The van der Waals surface area contributed by atoms with Crippen LogP contribution in [-0.4, -0.2) is 80.0 Å². The van der Waals surface area contributed by atoms with Crippen molar-refractivity contribution in [3.63, 3.8) is 0 Å². The third-order valence-electron chi connectivity index (χ3n) is 5.10. The normalized spacial score (nSPS) is 16.9. The molecule has 188 valence electrons. The Bertz CT molecular complexity index is 982. The number of aliphatic imine (C=N–C) groups is 1. The molecule has 3 amide bonds. The lowest BCUT2D eigenvalue weighted by atomic mass is 10.2. The van der Waals surface area contributed by atoms with E-state index in [9.17, 15) is 27.9 Å². The highest BCUT2D eigenvalue weighted by Crippen LogP contribution is 2.26. The highest BCUT2D eigenvalue weighted by Gasteiger charge is 2.40. The van der Waals surface area contributed by atoms with E-state index in [2.05, 4.69) is 20.9 Å². The van der Waals surface area contributed by atoms with Crippen molar-refractivity contribution < 1.29 is 27.9 Å². The average molecular weight is 498 g/mol. The molecule has 0 unspecified atom stereocenters. The number of carbonyl (C=O) groups is 3. The number of benzene rings is 1. The maximum atomic E-state index is 12.9. The van der Waals surface area contributed by atoms with Crippen LogP contribution in [0.25, 0.3) is 0 Å². The third-order valence-corrected chi connectivity index (χ3v) is 7.02. The molecule has 34 heavy (non-hydrogen) atoms. The van der Waals surface area contributed by atoms with E-state index in [1.54, 1.807) is 18.2 Å². The van der Waals surface area contributed by atoms with E-state index in [4.69, 9.17) is 11.5 Å². The second kappa shape index (κ2) is 12.7. The number of nitrogens with two attached hydrogens (primary N) is 2. The molecule has 0 aliphatic carbocycles. The number of amides is 3. The van der Waals surface area contributed by atoms with Gasteiger partial charge in [0.15, 0.2) is 5.96 Å². The van der Waals surface area contributed by atoms with Gasteiger partial charge in [-0.05, 0) is 37.8 Å². The Morgan fingerprint density at radius 2 is 1.85 bits per heavy atom. The molecule has 1 aliphatic rings. The molecule has 0 bridgehead atoms. The SMILES string of the molecule is NC(N)=NCCCCNC(=O)NC[C@H](NC(=O)[C@@H]1CCCN1S(=O)(=O)c1ccccc1)C(=O)O. The van der Waals surface area contributed by atoms with Gasteiger partial charge in [0, 0.05) is 19.6 Å². The van der Waals surface area contributed by atoms with Crippen molar-refractivity contribution in [3.8, 4) is 0 Å². The number of sulfonamides is 1. The predicted octanol–water partition coefficient (Wildman–Crippen LogP) is -1.24. The molecule has 13 nitrogen and oxygen atoms in total. The summed E-state index contributed by atoms with van der Waals surface area (Å²) >= 11 is 0. The van der Waals surface area contributed by atoms with Gasteiger partial charge in [0.05, 0.1) is 11.4 Å². The molecule has 1 fully saturated rings. The molecular formula is C20H31N7O6S. The van der Waals surface area contributed by atoms with Crippen LogP contribution in [0.4, 0.5) is 4.79 Å². The number of carboxylic acids is 1. The number of rotatable bonds is 12. The summed E-state index contributed by atoms with van der Waals surface area (Å²) in [5.74, 6) is -2.10. The van der Waals surface area contributed by atoms with E-state index >= 15 is 0 Å². The second-order valence-corrected chi connectivity index (χ2v) is 9.53. The van der Waals surface area contributed by atoms with Crippen LogP contribution in [0.15, 0.2) is 40.2 Å². The van der Waals surface area contributed by atoms with Crippen molar-refractivity contribution in [2.24, 2.45) is 16.5 Å². The van der Waals surface area contributed by atoms with E-state index in [0.29, 0.717) is 32.4 Å². The van der Waals surface area contributed by atoms with Crippen molar-refractivity contribution in [3.05, 3.63) is 30.3 Å². The summed E-state index contributed by atoms with van der Waals surface area (Å²) in [5.41, 5.74) is 10.4. The quantitative estimate of drug-likeness (QED) is 0.117. The van der Waals surface area contributed by atoms with Crippen LogP contribution in [-0.2, 0) is 19.6 Å².